The number of hydrogen-bond donors (Lipinski definition) is 5. The van der Waals surface area contributed by atoms with Gasteiger partial charge in [-0.05, 0) is 18.2 Å². The molecule has 1 aromatic carbocycles. The number of amides is 1. The number of rotatable bonds is 4. The van der Waals surface area contributed by atoms with Crippen molar-refractivity contribution in [3.63, 3.8) is 0 Å². The van der Waals surface area contributed by atoms with Gasteiger partial charge in [0.25, 0.3) is 0 Å². The molecule has 2 aromatic rings. The third-order valence-corrected chi connectivity index (χ3v) is 4.59. The molecule has 0 aliphatic carbocycles. The van der Waals surface area contributed by atoms with Crippen LogP contribution in [0.1, 0.15) is 6.92 Å². The van der Waals surface area contributed by atoms with Gasteiger partial charge < -0.3 is 35.1 Å². The Labute approximate surface area is 151 Å². The molecular weight excluding hydrogens is 396 g/mol. The second kappa shape index (κ2) is 7.30. The van der Waals surface area contributed by atoms with Crippen LogP contribution in [0.25, 0.3) is 10.9 Å². The molecule has 5 atom stereocenters. The summed E-state index contributed by atoms with van der Waals surface area (Å²) in [6, 6.07) is 4.61. The van der Waals surface area contributed by atoms with Crippen LogP contribution in [0.5, 0.6) is 5.75 Å². The Morgan fingerprint density at radius 2 is 2.16 bits per heavy atom. The van der Waals surface area contributed by atoms with Crippen LogP contribution >= 0.6 is 15.9 Å². The maximum Gasteiger partial charge on any atom is 0.223 e. The van der Waals surface area contributed by atoms with Crippen molar-refractivity contribution in [3.05, 3.63) is 28.9 Å². The van der Waals surface area contributed by atoms with Crippen LogP contribution in [0.3, 0.4) is 0 Å². The van der Waals surface area contributed by atoms with Gasteiger partial charge in [0.05, 0.1) is 6.61 Å². The predicted octanol–water partition coefficient (Wildman–Crippen LogP) is 0.253. The third-order valence-electron chi connectivity index (χ3n) is 4.10. The third kappa shape index (κ3) is 3.65. The number of aromatic amines is 1. The highest BCUT2D eigenvalue weighted by Gasteiger charge is 2.46. The van der Waals surface area contributed by atoms with Crippen molar-refractivity contribution >= 4 is 32.7 Å². The van der Waals surface area contributed by atoms with Crippen molar-refractivity contribution < 1.29 is 29.6 Å². The molecule has 1 fully saturated rings. The van der Waals surface area contributed by atoms with Crippen molar-refractivity contribution in [2.75, 3.05) is 6.61 Å². The molecule has 9 heteroatoms. The minimum absolute atomic E-state index is 0.405. The summed E-state index contributed by atoms with van der Waals surface area (Å²) in [5.41, 5.74) is 0.837. The van der Waals surface area contributed by atoms with Gasteiger partial charge in [-0.25, -0.2) is 0 Å². The van der Waals surface area contributed by atoms with Crippen LogP contribution in [0.2, 0.25) is 0 Å². The number of benzene rings is 1. The van der Waals surface area contributed by atoms with Crippen molar-refractivity contribution in [3.8, 4) is 5.75 Å². The number of nitrogens with one attached hydrogen (secondary N) is 2. The maximum absolute atomic E-state index is 11.4. The van der Waals surface area contributed by atoms with Gasteiger partial charge >= 0.3 is 0 Å². The second-order valence-corrected chi connectivity index (χ2v) is 6.81. The van der Waals surface area contributed by atoms with Crippen molar-refractivity contribution in [1.29, 1.82) is 0 Å². The fourth-order valence-electron chi connectivity index (χ4n) is 2.86. The van der Waals surface area contributed by atoms with Crippen molar-refractivity contribution in [2.24, 2.45) is 0 Å². The Hall–Kier alpha value is -1.65. The number of aliphatic hydroxyl groups is 3. The molecule has 1 aromatic heterocycles. The fraction of sp³-hybridized carbons (Fsp3) is 0.438. The summed E-state index contributed by atoms with van der Waals surface area (Å²) < 4.78 is 12.3. The van der Waals surface area contributed by atoms with E-state index in [0.717, 1.165) is 15.4 Å². The van der Waals surface area contributed by atoms with Gasteiger partial charge in [-0.3, -0.25) is 4.79 Å². The lowest BCUT2D eigenvalue weighted by Gasteiger charge is -2.41. The summed E-state index contributed by atoms with van der Waals surface area (Å²) >= 11 is 3.40. The number of H-pyrrole nitrogens is 1. The highest BCUT2D eigenvalue weighted by atomic mass is 79.9. The van der Waals surface area contributed by atoms with Crippen LogP contribution < -0.4 is 10.1 Å². The summed E-state index contributed by atoms with van der Waals surface area (Å²) in [7, 11) is 0. The first-order valence-corrected chi connectivity index (χ1v) is 8.53. The molecule has 0 bridgehead atoms. The topological polar surface area (TPSA) is 124 Å². The highest BCUT2D eigenvalue weighted by Crippen LogP contribution is 2.31. The normalized spacial score (nSPS) is 29.6. The molecule has 8 nitrogen and oxygen atoms in total. The minimum atomic E-state index is -1.35. The summed E-state index contributed by atoms with van der Waals surface area (Å²) in [5.74, 6) is 0.0505. The molecular formula is C16H19BrN2O6. The monoisotopic (exact) mass is 414 g/mol. The van der Waals surface area contributed by atoms with Gasteiger partial charge in [-0.1, -0.05) is 15.9 Å². The minimum Gasteiger partial charge on any atom is -0.460 e. The smallest absolute Gasteiger partial charge is 0.223 e. The first-order valence-electron chi connectivity index (χ1n) is 7.73. The molecule has 0 radical (unpaired) electrons. The van der Waals surface area contributed by atoms with Gasteiger partial charge in [0.15, 0.2) is 0 Å². The first-order chi connectivity index (χ1) is 11.9. The number of hydrogen-bond acceptors (Lipinski definition) is 6. The number of ether oxygens (including phenoxy) is 2. The zero-order chi connectivity index (χ0) is 18.1. The van der Waals surface area contributed by atoms with E-state index < -0.39 is 43.2 Å². The quantitative estimate of drug-likeness (QED) is 0.488. The summed E-state index contributed by atoms with van der Waals surface area (Å²) in [5, 5.41) is 33.0. The Balaban J connectivity index is 1.90. The van der Waals surface area contributed by atoms with Crippen LogP contribution in [0.4, 0.5) is 0 Å². The lowest BCUT2D eigenvalue weighted by atomic mass is 9.97. The standard InChI is InChI=1S/C16H19BrN2O6/c1-7(21)19-13-15(23)14(22)12(6-20)25-16(13)24-11-5-18-10-3-2-8(17)4-9(10)11/h2-5,12-16,18,20,22-23H,6H2,1H3,(H,19,21)/t12-,13-,14-,15-,16-/m1/s1. The summed E-state index contributed by atoms with van der Waals surface area (Å²) in [6.07, 6.45) is -3.17. The molecule has 2 heterocycles. The number of fused-ring (bicyclic) bond motifs is 1. The van der Waals surface area contributed by atoms with Gasteiger partial charge in [-0.2, -0.15) is 0 Å². The number of carbonyl (C=O) groups excluding carboxylic acids is 1. The molecule has 0 saturated carbocycles. The Bertz CT molecular complexity index is 766. The zero-order valence-corrected chi connectivity index (χ0v) is 14.9. The zero-order valence-electron chi connectivity index (χ0n) is 13.3. The second-order valence-electron chi connectivity index (χ2n) is 5.89. The average molecular weight is 415 g/mol. The van der Waals surface area contributed by atoms with Gasteiger partial charge in [0.1, 0.15) is 30.1 Å². The largest absolute Gasteiger partial charge is 0.460 e. The number of aliphatic hydroxyl groups excluding tert-OH is 3. The maximum atomic E-state index is 11.4. The lowest BCUT2D eigenvalue weighted by molar-refractivity contribution is -0.244. The number of aromatic nitrogens is 1. The van der Waals surface area contributed by atoms with E-state index in [4.69, 9.17) is 9.47 Å². The van der Waals surface area contributed by atoms with Gasteiger partial charge in [0, 0.05) is 28.5 Å². The molecule has 1 aliphatic heterocycles. The molecule has 1 amide bonds. The first kappa shape index (κ1) is 18.2. The van der Waals surface area contributed by atoms with E-state index in [-0.39, 0.29) is 0 Å². The molecule has 25 heavy (non-hydrogen) atoms. The predicted molar refractivity (Wildman–Crippen MR) is 92.0 cm³/mol. The van der Waals surface area contributed by atoms with E-state index in [9.17, 15) is 20.1 Å². The van der Waals surface area contributed by atoms with Crippen LogP contribution in [-0.4, -0.2) is 63.5 Å². The van der Waals surface area contributed by atoms with Crippen molar-refractivity contribution in [1.82, 2.24) is 10.3 Å². The molecule has 3 rings (SSSR count). The van der Waals surface area contributed by atoms with Gasteiger partial charge in [-0.15, -0.1) is 0 Å². The highest BCUT2D eigenvalue weighted by molar-refractivity contribution is 9.10. The molecule has 0 spiro atoms. The SMILES string of the molecule is CC(=O)N[C@H]1[C@H](Oc2c[nH]c3ccc(Br)cc23)O[C@H](CO)[C@@H](O)[C@@H]1O. The van der Waals surface area contributed by atoms with Crippen molar-refractivity contribution in [2.45, 2.75) is 37.6 Å². The average Bonchev–Trinajstić information content (AvgIpc) is 2.96. The molecule has 1 aliphatic rings. The van der Waals surface area contributed by atoms with E-state index in [2.05, 4.69) is 26.2 Å². The molecule has 5 N–H and O–H groups in total. The summed E-state index contributed by atoms with van der Waals surface area (Å²) in [4.78, 5) is 14.5. The molecule has 0 unspecified atom stereocenters. The summed E-state index contributed by atoms with van der Waals surface area (Å²) in [6.45, 7) is 0.793. The van der Waals surface area contributed by atoms with Gasteiger partial charge in [0.2, 0.25) is 12.2 Å². The van der Waals surface area contributed by atoms with Crippen LogP contribution in [0.15, 0.2) is 28.9 Å². The van der Waals surface area contributed by atoms with E-state index in [1.807, 2.05) is 18.2 Å². The van der Waals surface area contributed by atoms with E-state index in [1.54, 1.807) is 6.20 Å². The lowest BCUT2D eigenvalue weighted by Crippen LogP contribution is -2.65. The molecule has 1 saturated heterocycles. The van der Waals surface area contributed by atoms with E-state index >= 15 is 0 Å². The number of carbonyl (C=O) groups is 1. The molecule has 136 valence electrons. The van der Waals surface area contributed by atoms with Crippen LogP contribution in [0, 0.1) is 0 Å². The van der Waals surface area contributed by atoms with E-state index in [0.29, 0.717) is 5.75 Å². The fourth-order valence-corrected chi connectivity index (χ4v) is 3.22. The number of halogens is 1. The Kier molecular flexibility index (Phi) is 5.30. The van der Waals surface area contributed by atoms with E-state index in [1.165, 1.54) is 6.92 Å². The Morgan fingerprint density at radius 1 is 1.40 bits per heavy atom. The van der Waals surface area contributed by atoms with Crippen LogP contribution in [-0.2, 0) is 9.53 Å². The Morgan fingerprint density at radius 3 is 2.84 bits per heavy atom.